The molecular weight excluding hydrogens is 336 g/mol. The molecule has 0 spiro atoms. The van der Waals surface area contributed by atoms with E-state index in [-0.39, 0.29) is 5.69 Å². The van der Waals surface area contributed by atoms with Gasteiger partial charge in [0.15, 0.2) is 0 Å². The maximum absolute atomic E-state index is 11.6. The molecule has 0 radical (unpaired) electrons. The van der Waals surface area contributed by atoms with Gasteiger partial charge in [0, 0.05) is 22.4 Å². The number of aromatic nitrogens is 3. The first-order chi connectivity index (χ1) is 13.2. The van der Waals surface area contributed by atoms with Gasteiger partial charge in [-0.1, -0.05) is 43.0 Å². The summed E-state index contributed by atoms with van der Waals surface area (Å²) in [6.07, 6.45) is 3.94. The van der Waals surface area contributed by atoms with Gasteiger partial charge in [0.1, 0.15) is 5.82 Å². The Morgan fingerprint density at radius 2 is 1.67 bits per heavy atom. The Bertz CT molecular complexity index is 1280. The zero-order valence-corrected chi connectivity index (χ0v) is 14.4. The van der Waals surface area contributed by atoms with E-state index in [1.165, 1.54) is 0 Å². The fourth-order valence-electron chi connectivity index (χ4n) is 3.38. The van der Waals surface area contributed by atoms with E-state index in [0.717, 1.165) is 50.5 Å². The van der Waals surface area contributed by atoms with E-state index >= 15 is 0 Å². The number of hydrogen-bond donors (Lipinski definition) is 3. The van der Waals surface area contributed by atoms with Crippen LogP contribution in [0, 0.1) is 0 Å². The minimum absolute atomic E-state index is 0.209. The summed E-state index contributed by atoms with van der Waals surface area (Å²) in [5.41, 5.74) is 7.06. The highest BCUT2D eigenvalue weighted by atomic mass is 16.1. The number of nitrogens with one attached hydrogen (secondary N) is 3. The smallest absolute Gasteiger partial charge is 0.323 e. The second-order valence-corrected chi connectivity index (χ2v) is 6.51. The van der Waals surface area contributed by atoms with Crippen molar-refractivity contribution in [2.45, 2.75) is 0 Å². The molecule has 2 aromatic carbocycles. The first-order valence-electron chi connectivity index (χ1n) is 8.64. The van der Waals surface area contributed by atoms with Crippen LogP contribution in [0.25, 0.3) is 39.5 Å². The van der Waals surface area contributed by atoms with Crippen LogP contribution in [0.3, 0.4) is 0 Å². The Hall–Kier alpha value is -3.86. The number of hydrogen-bond acceptors (Lipinski definition) is 3. The highest BCUT2D eigenvalue weighted by Crippen LogP contribution is 2.36. The summed E-state index contributed by atoms with van der Waals surface area (Å²) in [5, 5.41) is 3.24. The molecule has 3 heterocycles. The molecule has 0 atom stereocenters. The van der Waals surface area contributed by atoms with Crippen LogP contribution in [0.2, 0.25) is 0 Å². The Morgan fingerprint density at radius 3 is 2.52 bits per heavy atom. The number of fused-ring (bicyclic) bond motifs is 2. The van der Waals surface area contributed by atoms with E-state index < -0.39 is 0 Å². The van der Waals surface area contributed by atoms with Gasteiger partial charge in [-0.05, 0) is 35.9 Å². The lowest BCUT2D eigenvalue weighted by Gasteiger charge is -2.18. The molecule has 27 heavy (non-hydrogen) atoms. The largest absolute Gasteiger partial charge is 0.340 e. The van der Waals surface area contributed by atoms with Crippen LogP contribution in [0.5, 0.6) is 0 Å². The van der Waals surface area contributed by atoms with Crippen molar-refractivity contribution in [2.75, 3.05) is 5.32 Å². The molecular formula is C22H16N4O. The number of anilines is 1. The van der Waals surface area contributed by atoms with Gasteiger partial charge in [0.2, 0.25) is 0 Å². The van der Waals surface area contributed by atoms with Crippen molar-refractivity contribution in [1.29, 1.82) is 0 Å². The second-order valence-electron chi connectivity index (χ2n) is 6.51. The molecule has 5 heteroatoms. The summed E-state index contributed by atoms with van der Waals surface area (Å²) in [4.78, 5) is 22.1. The molecule has 0 fully saturated rings. The van der Waals surface area contributed by atoms with Crippen LogP contribution in [-0.4, -0.2) is 15.0 Å². The first kappa shape index (κ1) is 15.4. The van der Waals surface area contributed by atoms with E-state index in [0.29, 0.717) is 0 Å². The quantitative estimate of drug-likeness (QED) is 0.496. The van der Waals surface area contributed by atoms with Gasteiger partial charge in [-0.2, -0.15) is 0 Å². The molecule has 0 amide bonds. The number of benzene rings is 2. The molecule has 5 rings (SSSR count). The fraction of sp³-hybridized carbons (Fsp3) is 0. The van der Waals surface area contributed by atoms with Crippen molar-refractivity contribution in [3.8, 4) is 22.4 Å². The lowest BCUT2D eigenvalue weighted by Crippen LogP contribution is -2.06. The summed E-state index contributed by atoms with van der Waals surface area (Å²) in [7, 11) is 0. The third kappa shape index (κ3) is 2.66. The Morgan fingerprint density at radius 1 is 0.852 bits per heavy atom. The van der Waals surface area contributed by atoms with Crippen molar-refractivity contribution in [3.05, 3.63) is 89.0 Å². The molecule has 0 saturated carbocycles. The molecule has 130 valence electrons. The summed E-state index contributed by atoms with van der Waals surface area (Å²) in [5.74, 6) is 0.793. The number of imidazole rings is 1. The number of allylic oxidation sites excluding steroid dienone is 1. The Kier molecular flexibility index (Phi) is 3.33. The molecule has 0 aliphatic carbocycles. The maximum atomic E-state index is 11.6. The second kappa shape index (κ2) is 5.85. The van der Waals surface area contributed by atoms with Gasteiger partial charge in [-0.3, -0.25) is 0 Å². The molecule has 3 N–H and O–H groups in total. The van der Waals surface area contributed by atoms with Gasteiger partial charge < -0.3 is 15.3 Å². The van der Waals surface area contributed by atoms with Crippen molar-refractivity contribution >= 4 is 22.9 Å². The highest BCUT2D eigenvalue weighted by Gasteiger charge is 2.16. The van der Waals surface area contributed by atoms with Crippen LogP contribution in [0.4, 0.5) is 5.82 Å². The van der Waals surface area contributed by atoms with Crippen molar-refractivity contribution in [1.82, 2.24) is 15.0 Å². The Labute approximate surface area is 155 Å². The van der Waals surface area contributed by atoms with Gasteiger partial charge in [-0.15, -0.1) is 0 Å². The van der Waals surface area contributed by atoms with Crippen LogP contribution >= 0.6 is 0 Å². The summed E-state index contributed by atoms with van der Waals surface area (Å²) < 4.78 is 0. The third-order valence-corrected chi connectivity index (χ3v) is 4.67. The molecule has 1 aliphatic heterocycles. The Balaban J connectivity index is 1.78. The molecule has 0 saturated heterocycles. The summed E-state index contributed by atoms with van der Waals surface area (Å²) >= 11 is 0. The average Bonchev–Trinajstić information content (AvgIpc) is 3.06. The van der Waals surface area contributed by atoms with Crippen LogP contribution in [0.1, 0.15) is 5.56 Å². The minimum Gasteiger partial charge on any atom is -0.340 e. The van der Waals surface area contributed by atoms with Crippen LogP contribution in [-0.2, 0) is 0 Å². The normalized spacial score (nSPS) is 12.8. The first-order valence-corrected chi connectivity index (χ1v) is 8.64. The maximum Gasteiger partial charge on any atom is 0.323 e. The number of H-pyrrole nitrogens is 2. The van der Waals surface area contributed by atoms with Crippen molar-refractivity contribution in [2.24, 2.45) is 0 Å². The van der Waals surface area contributed by atoms with E-state index in [1.807, 2.05) is 60.7 Å². The third-order valence-electron chi connectivity index (χ3n) is 4.67. The lowest BCUT2D eigenvalue weighted by molar-refractivity contribution is 1.21. The monoisotopic (exact) mass is 352 g/mol. The van der Waals surface area contributed by atoms with E-state index in [9.17, 15) is 4.79 Å². The van der Waals surface area contributed by atoms with E-state index in [1.54, 1.807) is 0 Å². The number of rotatable bonds is 2. The van der Waals surface area contributed by atoms with Gasteiger partial charge in [0.25, 0.3) is 0 Å². The van der Waals surface area contributed by atoms with Crippen LogP contribution < -0.4 is 11.0 Å². The highest BCUT2D eigenvalue weighted by molar-refractivity contribution is 5.90. The minimum atomic E-state index is -0.209. The van der Waals surface area contributed by atoms with E-state index in [2.05, 4.69) is 27.9 Å². The number of nitrogens with zero attached hydrogens (tertiary/aromatic N) is 1. The topological polar surface area (TPSA) is 73.6 Å². The molecule has 5 nitrogen and oxygen atoms in total. The van der Waals surface area contributed by atoms with E-state index in [4.69, 9.17) is 4.98 Å². The molecule has 2 aromatic heterocycles. The summed E-state index contributed by atoms with van der Waals surface area (Å²) in [6.45, 7) is 3.96. The molecule has 1 aliphatic rings. The molecule has 0 bridgehead atoms. The van der Waals surface area contributed by atoms with Gasteiger partial charge >= 0.3 is 5.69 Å². The zero-order chi connectivity index (χ0) is 18.4. The standard InChI is InChI=1S/C22H16N4O/c1-13-7-8-16-11-17(15-9-10-18-19(12-15)25-22(27)24-18)20(26-21(16)23-13)14-5-3-2-4-6-14/h2-12H,1H2,(H,23,26)(H2,24,25,27). The zero-order valence-electron chi connectivity index (χ0n) is 14.4. The lowest BCUT2D eigenvalue weighted by atomic mass is 9.96. The molecule has 4 aromatic rings. The van der Waals surface area contributed by atoms with Gasteiger partial charge in [-0.25, -0.2) is 9.78 Å². The fourth-order valence-corrected chi connectivity index (χ4v) is 3.38. The number of aromatic amines is 2. The van der Waals surface area contributed by atoms with Crippen molar-refractivity contribution < 1.29 is 0 Å². The SMILES string of the molecule is C=C1C=Cc2cc(-c3ccc4[nH]c(=O)[nH]c4c3)c(-c3ccccc3)nc2N1. The predicted molar refractivity (Wildman–Crippen MR) is 109 cm³/mol. The van der Waals surface area contributed by atoms with Crippen LogP contribution in [0.15, 0.2) is 77.7 Å². The molecule has 0 unspecified atom stereocenters. The van der Waals surface area contributed by atoms with Gasteiger partial charge in [0.05, 0.1) is 16.7 Å². The summed E-state index contributed by atoms with van der Waals surface area (Å²) in [6, 6.07) is 18.1. The van der Waals surface area contributed by atoms with Crippen molar-refractivity contribution in [3.63, 3.8) is 0 Å². The predicted octanol–water partition coefficient (Wildman–Crippen LogP) is 4.54. The number of pyridine rings is 1. The average molecular weight is 352 g/mol.